The van der Waals surface area contributed by atoms with Gasteiger partial charge in [0, 0.05) is 23.7 Å². The van der Waals surface area contributed by atoms with Crippen molar-refractivity contribution in [3.63, 3.8) is 0 Å². The summed E-state index contributed by atoms with van der Waals surface area (Å²) in [5.41, 5.74) is 12.1. The summed E-state index contributed by atoms with van der Waals surface area (Å²) in [4.78, 5) is 12.3. The number of aliphatic hydroxyl groups excluding tert-OH is 2. The third-order valence-corrected chi connectivity index (χ3v) is 5.82. The van der Waals surface area contributed by atoms with Crippen molar-refractivity contribution in [2.75, 3.05) is 18.9 Å². The minimum atomic E-state index is -1.22. The number of ether oxygens (including phenoxy) is 1. The molecule has 3 aromatic carbocycles. The van der Waals surface area contributed by atoms with Gasteiger partial charge < -0.3 is 26.0 Å². The number of nitrogen functional groups attached to an aromatic ring is 1. The predicted octanol–water partition coefficient (Wildman–Crippen LogP) is 3.51. The number of hydrogen-bond acceptors (Lipinski definition) is 5. The quantitative estimate of drug-likeness (QED) is 0.459. The van der Waals surface area contributed by atoms with Crippen LogP contribution in [0, 0.1) is 6.92 Å². The van der Waals surface area contributed by atoms with Crippen molar-refractivity contribution >= 4 is 11.8 Å². The molecule has 5 N–H and O–H groups in total. The summed E-state index contributed by atoms with van der Waals surface area (Å²) >= 11 is 0. The van der Waals surface area contributed by atoms with Gasteiger partial charge in [-0.15, -0.1) is 0 Å². The fraction of sp³-hybridized carbons (Fsp3) is 0.240. The number of aryl methyl sites for hydroxylation is 1. The molecular formula is C25H26N2O4. The summed E-state index contributed by atoms with van der Waals surface area (Å²) in [5, 5.41) is 23.3. The minimum absolute atomic E-state index is 0.0413. The van der Waals surface area contributed by atoms with Gasteiger partial charge in [-0.1, -0.05) is 60.7 Å². The Hall–Kier alpha value is -3.35. The van der Waals surface area contributed by atoms with Crippen LogP contribution in [0.4, 0.5) is 10.5 Å². The van der Waals surface area contributed by atoms with Gasteiger partial charge in [0.15, 0.2) is 0 Å². The maximum atomic E-state index is 12.3. The summed E-state index contributed by atoms with van der Waals surface area (Å²) < 4.78 is 5.46. The van der Waals surface area contributed by atoms with Crippen molar-refractivity contribution in [2.24, 2.45) is 0 Å². The van der Waals surface area contributed by atoms with Crippen molar-refractivity contribution in [3.05, 3.63) is 89.0 Å². The molecule has 0 saturated heterocycles. The zero-order chi connectivity index (χ0) is 22.0. The molecule has 1 aliphatic rings. The Labute approximate surface area is 181 Å². The second-order valence-corrected chi connectivity index (χ2v) is 7.80. The van der Waals surface area contributed by atoms with E-state index in [1.165, 1.54) is 0 Å². The largest absolute Gasteiger partial charge is 0.449 e. The molecule has 0 spiro atoms. The zero-order valence-corrected chi connectivity index (χ0v) is 17.3. The Kier molecular flexibility index (Phi) is 5.93. The number of nitrogens with two attached hydrogens (primary N) is 1. The molecule has 2 unspecified atom stereocenters. The number of nitrogens with one attached hydrogen (secondary N) is 1. The molecule has 3 aromatic rings. The number of fused-ring (bicyclic) bond motifs is 3. The van der Waals surface area contributed by atoms with Gasteiger partial charge in [-0.2, -0.15) is 0 Å². The number of benzene rings is 3. The number of aliphatic hydroxyl groups is 2. The second-order valence-electron chi connectivity index (χ2n) is 7.80. The van der Waals surface area contributed by atoms with E-state index in [-0.39, 0.29) is 19.1 Å². The lowest BCUT2D eigenvalue weighted by atomic mass is 9.97. The fourth-order valence-corrected chi connectivity index (χ4v) is 4.25. The summed E-state index contributed by atoms with van der Waals surface area (Å²) in [7, 11) is 0. The zero-order valence-electron chi connectivity index (χ0n) is 17.3. The van der Waals surface area contributed by atoms with Crippen molar-refractivity contribution in [1.82, 2.24) is 5.32 Å². The Morgan fingerprint density at radius 3 is 2.23 bits per heavy atom. The van der Waals surface area contributed by atoms with Gasteiger partial charge in [0.2, 0.25) is 0 Å². The molecule has 1 amide bonds. The van der Waals surface area contributed by atoms with Crippen molar-refractivity contribution in [1.29, 1.82) is 0 Å². The van der Waals surface area contributed by atoms with Gasteiger partial charge in [0.25, 0.3) is 0 Å². The van der Waals surface area contributed by atoms with E-state index in [0.717, 1.165) is 27.8 Å². The lowest BCUT2D eigenvalue weighted by Crippen LogP contribution is -2.36. The summed E-state index contributed by atoms with van der Waals surface area (Å²) in [5.74, 6) is -0.0413. The van der Waals surface area contributed by atoms with Crippen LogP contribution < -0.4 is 11.1 Å². The minimum Gasteiger partial charge on any atom is -0.449 e. The van der Waals surface area contributed by atoms with Crippen LogP contribution in [0.15, 0.2) is 66.7 Å². The number of anilines is 1. The Bertz CT molecular complexity index is 1030. The van der Waals surface area contributed by atoms with Crippen LogP contribution in [0.5, 0.6) is 0 Å². The molecule has 31 heavy (non-hydrogen) atoms. The van der Waals surface area contributed by atoms with Gasteiger partial charge in [-0.25, -0.2) is 4.79 Å². The van der Waals surface area contributed by atoms with Crippen molar-refractivity contribution in [3.8, 4) is 11.1 Å². The smallest absolute Gasteiger partial charge is 0.407 e. The van der Waals surface area contributed by atoms with Crippen molar-refractivity contribution in [2.45, 2.75) is 25.0 Å². The Morgan fingerprint density at radius 1 is 1.00 bits per heavy atom. The van der Waals surface area contributed by atoms with E-state index in [0.29, 0.717) is 11.3 Å². The number of rotatable bonds is 6. The molecule has 1 aliphatic carbocycles. The number of hydrogen-bond donors (Lipinski definition) is 4. The molecule has 0 fully saturated rings. The van der Waals surface area contributed by atoms with Crippen LogP contribution in [0.25, 0.3) is 11.1 Å². The molecule has 160 valence electrons. The van der Waals surface area contributed by atoms with Gasteiger partial charge >= 0.3 is 6.09 Å². The first-order valence-electron chi connectivity index (χ1n) is 10.3. The standard InChI is InChI=1S/C25H26N2O4/c1-15-7-6-12-21(26)23(15)24(29)22(28)13-27-25(30)31-14-20-18-10-4-2-8-16(18)17-9-3-5-11-19(17)20/h2-12,20,22,24,28-29H,13-14,26H2,1H3,(H,27,30). The van der Waals surface area contributed by atoms with Crippen LogP contribution in [-0.4, -0.2) is 35.6 Å². The van der Waals surface area contributed by atoms with E-state index in [4.69, 9.17) is 10.5 Å². The maximum absolute atomic E-state index is 12.3. The first-order valence-corrected chi connectivity index (χ1v) is 10.3. The Morgan fingerprint density at radius 2 is 1.61 bits per heavy atom. The van der Waals surface area contributed by atoms with Crippen LogP contribution in [-0.2, 0) is 4.74 Å². The lowest BCUT2D eigenvalue weighted by molar-refractivity contribution is 0.0186. The fourth-order valence-electron chi connectivity index (χ4n) is 4.25. The number of amides is 1. The first-order chi connectivity index (χ1) is 15.0. The second kappa shape index (κ2) is 8.79. The summed E-state index contributed by atoms with van der Waals surface area (Å²) in [6.45, 7) is 1.83. The molecule has 4 rings (SSSR count). The highest BCUT2D eigenvalue weighted by Gasteiger charge is 2.29. The van der Waals surface area contributed by atoms with Gasteiger partial charge in [0.05, 0.1) is 0 Å². The van der Waals surface area contributed by atoms with E-state index < -0.39 is 18.3 Å². The first kappa shape index (κ1) is 20.9. The number of carbonyl (C=O) groups excluding carboxylic acids is 1. The highest BCUT2D eigenvalue weighted by molar-refractivity contribution is 5.79. The van der Waals surface area contributed by atoms with Gasteiger partial charge in [-0.3, -0.25) is 0 Å². The van der Waals surface area contributed by atoms with E-state index in [1.807, 2.05) is 36.4 Å². The summed E-state index contributed by atoms with van der Waals surface area (Å²) in [6, 6.07) is 21.5. The number of alkyl carbamates (subject to hydrolysis) is 1. The molecule has 0 aliphatic heterocycles. The normalized spacial score (nSPS) is 14.4. The van der Waals surface area contributed by atoms with Crippen LogP contribution in [0.1, 0.15) is 34.3 Å². The molecule has 2 atom stereocenters. The van der Waals surface area contributed by atoms with E-state index >= 15 is 0 Å². The van der Waals surface area contributed by atoms with E-state index in [1.54, 1.807) is 25.1 Å². The number of carbonyl (C=O) groups is 1. The predicted molar refractivity (Wildman–Crippen MR) is 120 cm³/mol. The van der Waals surface area contributed by atoms with Crippen molar-refractivity contribution < 1.29 is 19.7 Å². The molecule has 0 aromatic heterocycles. The monoisotopic (exact) mass is 418 g/mol. The SMILES string of the molecule is Cc1cccc(N)c1C(O)C(O)CNC(=O)OCC1c2ccccc2-c2ccccc21. The molecule has 0 saturated carbocycles. The van der Waals surface area contributed by atoms with Crippen LogP contribution >= 0.6 is 0 Å². The molecule has 0 heterocycles. The molecule has 6 nitrogen and oxygen atoms in total. The van der Waals surface area contributed by atoms with Gasteiger partial charge in [-0.05, 0) is 40.8 Å². The lowest BCUT2D eigenvalue weighted by Gasteiger charge is -2.22. The Balaban J connectivity index is 1.36. The molecule has 0 bridgehead atoms. The van der Waals surface area contributed by atoms with E-state index in [2.05, 4.69) is 17.4 Å². The third-order valence-electron chi connectivity index (χ3n) is 5.82. The average molecular weight is 418 g/mol. The maximum Gasteiger partial charge on any atom is 0.407 e. The molecular weight excluding hydrogens is 392 g/mol. The highest BCUT2D eigenvalue weighted by atomic mass is 16.5. The average Bonchev–Trinajstić information content (AvgIpc) is 3.09. The molecule has 0 radical (unpaired) electrons. The van der Waals surface area contributed by atoms with Crippen LogP contribution in [0.3, 0.4) is 0 Å². The van der Waals surface area contributed by atoms with Gasteiger partial charge in [0.1, 0.15) is 18.8 Å². The topological polar surface area (TPSA) is 105 Å². The molecule has 6 heteroatoms. The third kappa shape index (κ3) is 4.13. The van der Waals surface area contributed by atoms with E-state index in [9.17, 15) is 15.0 Å². The highest BCUT2D eigenvalue weighted by Crippen LogP contribution is 2.44. The van der Waals surface area contributed by atoms with Crippen LogP contribution in [0.2, 0.25) is 0 Å². The summed E-state index contributed by atoms with van der Waals surface area (Å²) in [6.07, 6.45) is -3.08.